The Morgan fingerprint density at radius 2 is 1.21 bits per heavy atom. The van der Waals surface area contributed by atoms with E-state index in [4.69, 9.17) is 5.26 Å². The highest BCUT2D eigenvalue weighted by Gasteiger charge is 2.12. The predicted molar refractivity (Wildman–Crippen MR) is 129 cm³/mol. The van der Waals surface area contributed by atoms with Crippen LogP contribution in [-0.2, 0) is 19.3 Å². The second-order valence-electron chi connectivity index (χ2n) is 8.46. The second-order valence-corrected chi connectivity index (χ2v) is 8.46. The van der Waals surface area contributed by atoms with Gasteiger partial charge in [-0.15, -0.1) is 0 Å². The van der Waals surface area contributed by atoms with Crippen molar-refractivity contribution in [2.45, 2.75) is 32.1 Å². The summed E-state index contributed by atoms with van der Waals surface area (Å²) in [5, 5.41) is 8.82. The van der Waals surface area contributed by atoms with E-state index in [2.05, 4.69) is 55.5 Å². The normalized spacial score (nSPS) is 11.7. The molecule has 4 aromatic rings. The number of aryl methyl sites for hydroxylation is 2. The lowest BCUT2D eigenvalue weighted by Crippen LogP contribution is -1.99. The number of rotatable bonds is 7. The molecule has 4 aromatic carbocycles. The van der Waals surface area contributed by atoms with Crippen LogP contribution in [0.5, 0.6) is 0 Å². The standard InChI is InChI=1S/C30H25F2N/c1-21(25-5-3-2-4-6-25)17-24-11-9-22(10-12-24)7-8-23-13-15-26(16-14-23)27-18-29(31)28(20-33)30(32)19-27/h2-6,9-16,18-19,21H,7-8,17H2,1H3/t21-/m0/s1. The molecule has 0 bridgehead atoms. The Bertz CT molecular complexity index is 1230. The second kappa shape index (κ2) is 10.2. The number of nitriles is 1. The van der Waals surface area contributed by atoms with Crippen molar-refractivity contribution in [3.8, 4) is 17.2 Å². The van der Waals surface area contributed by atoms with Crippen molar-refractivity contribution in [3.63, 3.8) is 0 Å². The number of hydrogen-bond acceptors (Lipinski definition) is 1. The minimum absolute atomic E-state index is 0.427. The molecule has 0 aromatic heterocycles. The minimum atomic E-state index is -0.835. The van der Waals surface area contributed by atoms with Crippen LogP contribution in [0, 0.1) is 23.0 Å². The number of hydrogen-bond donors (Lipinski definition) is 0. The summed E-state index contributed by atoms with van der Waals surface area (Å²) in [4.78, 5) is 0. The summed E-state index contributed by atoms with van der Waals surface area (Å²) in [6.45, 7) is 2.26. The molecule has 0 aliphatic carbocycles. The largest absolute Gasteiger partial charge is 0.205 e. The summed E-state index contributed by atoms with van der Waals surface area (Å²) in [7, 11) is 0. The van der Waals surface area contributed by atoms with Crippen molar-refractivity contribution in [1.29, 1.82) is 5.26 Å². The Labute approximate surface area is 194 Å². The van der Waals surface area contributed by atoms with Crippen LogP contribution in [-0.4, -0.2) is 0 Å². The third-order valence-electron chi connectivity index (χ3n) is 6.08. The lowest BCUT2D eigenvalue weighted by molar-refractivity contribution is 0.577. The van der Waals surface area contributed by atoms with Crippen LogP contribution in [0.4, 0.5) is 8.78 Å². The average molecular weight is 438 g/mol. The highest BCUT2D eigenvalue weighted by molar-refractivity contribution is 5.65. The lowest BCUT2D eigenvalue weighted by atomic mass is 9.93. The van der Waals surface area contributed by atoms with Gasteiger partial charge in [0.05, 0.1) is 0 Å². The van der Waals surface area contributed by atoms with Gasteiger partial charge in [-0.25, -0.2) is 8.78 Å². The highest BCUT2D eigenvalue weighted by atomic mass is 19.1. The Kier molecular flexibility index (Phi) is 6.95. The van der Waals surface area contributed by atoms with Gasteiger partial charge in [0.15, 0.2) is 0 Å². The third-order valence-corrected chi connectivity index (χ3v) is 6.08. The first kappa shape index (κ1) is 22.4. The topological polar surface area (TPSA) is 23.8 Å². The highest BCUT2D eigenvalue weighted by Crippen LogP contribution is 2.25. The average Bonchev–Trinajstić information content (AvgIpc) is 2.84. The molecule has 0 aliphatic rings. The van der Waals surface area contributed by atoms with Crippen LogP contribution in [0.25, 0.3) is 11.1 Å². The Hall–Kier alpha value is -3.77. The molecule has 4 rings (SSSR count). The molecular formula is C30H25F2N. The maximum Gasteiger partial charge on any atom is 0.144 e. The van der Waals surface area contributed by atoms with Crippen molar-refractivity contribution in [1.82, 2.24) is 0 Å². The van der Waals surface area contributed by atoms with E-state index < -0.39 is 17.2 Å². The van der Waals surface area contributed by atoms with E-state index in [-0.39, 0.29) is 0 Å². The van der Waals surface area contributed by atoms with Crippen LogP contribution < -0.4 is 0 Å². The minimum Gasteiger partial charge on any atom is -0.205 e. The number of nitrogens with zero attached hydrogens (tertiary/aromatic N) is 1. The van der Waals surface area contributed by atoms with Crippen LogP contribution in [0.1, 0.15) is 40.7 Å². The fraction of sp³-hybridized carbons (Fsp3) is 0.167. The van der Waals surface area contributed by atoms with Gasteiger partial charge in [-0.05, 0) is 70.7 Å². The van der Waals surface area contributed by atoms with Gasteiger partial charge in [-0.3, -0.25) is 0 Å². The zero-order valence-electron chi connectivity index (χ0n) is 18.6. The molecule has 0 fully saturated rings. The first-order valence-corrected chi connectivity index (χ1v) is 11.1. The molecular weight excluding hydrogens is 412 g/mol. The summed E-state index contributed by atoms with van der Waals surface area (Å²) in [6.07, 6.45) is 2.83. The van der Waals surface area contributed by atoms with Gasteiger partial charge in [0.1, 0.15) is 23.3 Å². The third kappa shape index (κ3) is 5.54. The molecule has 0 aliphatic heterocycles. The van der Waals surface area contributed by atoms with E-state index in [9.17, 15) is 8.78 Å². The predicted octanol–water partition coefficient (Wildman–Crippen LogP) is 7.63. The molecule has 0 heterocycles. The molecule has 0 radical (unpaired) electrons. The molecule has 0 amide bonds. The van der Waals surface area contributed by atoms with E-state index in [1.165, 1.54) is 28.8 Å². The maximum atomic E-state index is 13.9. The monoisotopic (exact) mass is 437 g/mol. The molecule has 0 spiro atoms. The molecule has 1 atom stereocenters. The smallest absolute Gasteiger partial charge is 0.144 e. The van der Waals surface area contributed by atoms with Gasteiger partial charge in [0.2, 0.25) is 0 Å². The van der Waals surface area contributed by atoms with Crippen LogP contribution in [0.15, 0.2) is 91.0 Å². The number of benzene rings is 4. The van der Waals surface area contributed by atoms with Crippen LogP contribution in [0.3, 0.4) is 0 Å². The molecule has 0 N–H and O–H groups in total. The summed E-state index contributed by atoms with van der Waals surface area (Å²) in [5.74, 6) is -1.19. The van der Waals surface area contributed by atoms with E-state index >= 15 is 0 Å². The molecule has 0 saturated carbocycles. The van der Waals surface area contributed by atoms with Gasteiger partial charge in [0, 0.05) is 0 Å². The molecule has 0 unspecified atom stereocenters. The van der Waals surface area contributed by atoms with E-state index in [1.54, 1.807) is 6.07 Å². The Morgan fingerprint density at radius 1 is 0.697 bits per heavy atom. The van der Waals surface area contributed by atoms with Crippen molar-refractivity contribution in [3.05, 3.63) is 130 Å². The van der Waals surface area contributed by atoms with E-state index in [1.807, 2.05) is 30.3 Å². The van der Waals surface area contributed by atoms with Crippen molar-refractivity contribution >= 4 is 0 Å². The quantitative estimate of drug-likeness (QED) is 0.291. The van der Waals surface area contributed by atoms with Gasteiger partial charge in [-0.1, -0.05) is 85.8 Å². The Balaban J connectivity index is 1.35. The molecule has 33 heavy (non-hydrogen) atoms. The van der Waals surface area contributed by atoms with Gasteiger partial charge >= 0.3 is 0 Å². The molecule has 0 saturated heterocycles. The first-order chi connectivity index (χ1) is 16.0. The maximum absolute atomic E-state index is 13.9. The van der Waals surface area contributed by atoms with Gasteiger partial charge in [0.25, 0.3) is 0 Å². The molecule has 3 heteroatoms. The number of halogens is 2. The zero-order chi connectivity index (χ0) is 23.2. The van der Waals surface area contributed by atoms with E-state index in [0.29, 0.717) is 11.5 Å². The van der Waals surface area contributed by atoms with Crippen molar-refractivity contribution < 1.29 is 8.78 Å². The molecule has 1 nitrogen and oxygen atoms in total. The van der Waals surface area contributed by atoms with Crippen LogP contribution >= 0.6 is 0 Å². The van der Waals surface area contributed by atoms with Crippen molar-refractivity contribution in [2.75, 3.05) is 0 Å². The fourth-order valence-corrected chi connectivity index (χ4v) is 4.09. The Morgan fingerprint density at radius 3 is 1.76 bits per heavy atom. The van der Waals surface area contributed by atoms with Gasteiger partial charge in [-0.2, -0.15) is 5.26 Å². The fourth-order valence-electron chi connectivity index (χ4n) is 4.09. The molecule has 164 valence electrons. The zero-order valence-corrected chi connectivity index (χ0v) is 18.6. The van der Waals surface area contributed by atoms with Gasteiger partial charge < -0.3 is 0 Å². The first-order valence-electron chi connectivity index (χ1n) is 11.1. The summed E-state index contributed by atoms with van der Waals surface area (Å²) in [6, 6.07) is 31.1. The SMILES string of the molecule is C[C@@H](Cc1ccc(CCc2ccc(-c3cc(F)c(C#N)c(F)c3)cc2)cc1)c1ccccc1. The van der Waals surface area contributed by atoms with Crippen molar-refractivity contribution in [2.24, 2.45) is 0 Å². The lowest BCUT2D eigenvalue weighted by Gasteiger charge is -2.12. The summed E-state index contributed by atoms with van der Waals surface area (Å²) >= 11 is 0. The summed E-state index contributed by atoms with van der Waals surface area (Å²) in [5.41, 5.74) is 5.74. The summed E-state index contributed by atoms with van der Waals surface area (Å²) < 4.78 is 27.8. The van der Waals surface area contributed by atoms with Crippen LogP contribution in [0.2, 0.25) is 0 Å². The van der Waals surface area contributed by atoms with E-state index in [0.717, 1.165) is 30.4 Å².